The zero-order valence-electron chi connectivity index (χ0n) is 16.8. The lowest BCUT2D eigenvalue weighted by atomic mass is 9.77. The number of hydrogen-bond donors (Lipinski definition) is 0. The standard InChI is InChI=1S/C25H34FN/c1-2-3-4-5-6-20-7-9-21(10-8-20)11-12-22-13-15-23(16-14-22)24-17-18-25(26)27-19-24/h13-21H,2-12H2,1H3/t20-,21-. The Bertz CT molecular complexity index is 654. The molecular formula is C25H34FN. The highest BCUT2D eigenvalue weighted by molar-refractivity contribution is 5.62. The van der Waals surface area contributed by atoms with E-state index in [9.17, 15) is 4.39 Å². The average molecular weight is 368 g/mol. The van der Waals surface area contributed by atoms with Crippen LogP contribution in [0.5, 0.6) is 0 Å². The predicted octanol–water partition coefficient (Wildman–Crippen LogP) is 7.60. The molecule has 1 aliphatic carbocycles. The van der Waals surface area contributed by atoms with E-state index in [0.717, 1.165) is 23.0 Å². The van der Waals surface area contributed by atoms with Gasteiger partial charge in [0, 0.05) is 11.8 Å². The van der Waals surface area contributed by atoms with Crippen molar-refractivity contribution in [2.24, 2.45) is 11.8 Å². The summed E-state index contributed by atoms with van der Waals surface area (Å²) < 4.78 is 12.9. The van der Waals surface area contributed by atoms with Crippen molar-refractivity contribution in [3.63, 3.8) is 0 Å². The SMILES string of the molecule is CCCCCC[C@H]1CC[C@H](CCc2ccc(-c3ccc(F)nc3)cc2)CC1. The molecule has 27 heavy (non-hydrogen) atoms. The minimum atomic E-state index is -0.425. The summed E-state index contributed by atoms with van der Waals surface area (Å²) >= 11 is 0. The number of aryl methyl sites for hydroxylation is 1. The summed E-state index contributed by atoms with van der Waals surface area (Å²) in [6.07, 6.45) is 16.9. The van der Waals surface area contributed by atoms with Crippen LogP contribution in [0.3, 0.4) is 0 Å². The molecule has 0 spiro atoms. The fraction of sp³-hybridized carbons (Fsp3) is 0.560. The van der Waals surface area contributed by atoms with Crippen molar-refractivity contribution in [2.45, 2.75) is 77.6 Å². The number of benzene rings is 1. The van der Waals surface area contributed by atoms with Crippen molar-refractivity contribution in [1.29, 1.82) is 0 Å². The van der Waals surface area contributed by atoms with Gasteiger partial charge < -0.3 is 0 Å². The van der Waals surface area contributed by atoms with Crippen LogP contribution in [0.15, 0.2) is 42.6 Å². The summed E-state index contributed by atoms with van der Waals surface area (Å²) in [5.74, 6) is 1.49. The molecule has 1 aromatic carbocycles. The van der Waals surface area contributed by atoms with Gasteiger partial charge in [0.15, 0.2) is 0 Å². The molecule has 0 bridgehead atoms. The van der Waals surface area contributed by atoms with Gasteiger partial charge in [0.1, 0.15) is 0 Å². The van der Waals surface area contributed by atoms with E-state index in [-0.39, 0.29) is 0 Å². The van der Waals surface area contributed by atoms with Gasteiger partial charge in [-0.25, -0.2) is 4.98 Å². The smallest absolute Gasteiger partial charge is 0.212 e. The minimum absolute atomic E-state index is 0.425. The van der Waals surface area contributed by atoms with Crippen molar-refractivity contribution in [1.82, 2.24) is 4.98 Å². The van der Waals surface area contributed by atoms with E-state index in [2.05, 4.69) is 36.2 Å². The molecule has 1 nitrogen and oxygen atoms in total. The fourth-order valence-electron chi connectivity index (χ4n) is 4.45. The summed E-state index contributed by atoms with van der Waals surface area (Å²) in [4.78, 5) is 3.74. The number of halogens is 1. The van der Waals surface area contributed by atoms with Crippen LogP contribution in [0.1, 0.15) is 76.7 Å². The van der Waals surface area contributed by atoms with Crippen LogP contribution in [0, 0.1) is 17.8 Å². The molecule has 1 aromatic heterocycles. The van der Waals surface area contributed by atoms with Crippen LogP contribution in [-0.4, -0.2) is 4.98 Å². The second kappa shape index (κ2) is 10.6. The number of pyridine rings is 1. The van der Waals surface area contributed by atoms with E-state index in [4.69, 9.17) is 0 Å². The lowest BCUT2D eigenvalue weighted by Crippen LogP contribution is -2.15. The molecule has 1 fully saturated rings. The van der Waals surface area contributed by atoms with Gasteiger partial charge in [0.25, 0.3) is 0 Å². The topological polar surface area (TPSA) is 12.9 Å². The number of unbranched alkanes of at least 4 members (excludes halogenated alkanes) is 3. The molecule has 1 aliphatic rings. The van der Waals surface area contributed by atoms with Gasteiger partial charge in [-0.1, -0.05) is 89.0 Å². The first-order valence-corrected chi connectivity index (χ1v) is 11.0. The van der Waals surface area contributed by atoms with Crippen LogP contribution in [0.25, 0.3) is 11.1 Å². The Morgan fingerprint density at radius 2 is 1.48 bits per heavy atom. The normalized spacial score (nSPS) is 19.9. The molecule has 0 aliphatic heterocycles. The molecule has 0 atom stereocenters. The van der Waals surface area contributed by atoms with E-state index in [1.807, 2.05) is 0 Å². The molecule has 0 radical (unpaired) electrons. The number of aromatic nitrogens is 1. The summed E-state index contributed by atoms with van der Waals surface area (Å²) in [7, 11) is 0. The van der Waals surface area contributed by atoms with Gasteiger partial charge in [-0.3, -0.25) is 0 Å². The van der Waals surface area contributed by atoms with Crippen molar-refractivity contribution >= 4 is 0 Å². The van der Waals surface area contributed by atoms with Crippen LogP contribution in [0.4, 0.5) is 4.39 Å². The van der Waals surface area contributed by atoms with Crippen molar-refractivity contribution in [3.8, 4) is 11.1 Å². The van der Waals surface area contributed by atoms with Crippen LogP contribution < -0.4 is 0 Å². The third kappa shape index (κ3) is 6.45. The number of rotatable bonds is 9. The quantitative estimate of drug-likeness (QED) is 0.328. The van der Waals surface area contributed by atoms with Crippen molar-refractivity contribution in [2.75, 3.05) is 0 Å². The van der Waals surface area contributed by atoms with Crippen LogP contribution in [0.2, 0.25) is 0 Å². The largest absolute Gasteiger partial charge is 0.228 e. The first kappa shape index (κ1) is 20.0. The second-order valence-corrected chi connectivity index (χ2v) is 8.34. The summed E-state index contributed by atoms with van der Waals surface area (Å²) in [6, 6.07) is 11.9. The van der Waals surface area contributed by atoms with Gasteiger partial charge in [-0.2, -0.15) is 4.39 Å². The third-order valence-electron chi connectivity index (χ3n) is 6.29. The Labute approximate surface area is 164 Å². The molecule has 0 unspecified atom stereocenters. The van der Waals surface area contributed by atoms with Gasteiger partial charge >= 0.3 is 0 Å². The van der Waals surface area contributed by atoms with E-state index >= 15 is 0 Å². The third-order valence-corrected chi connectivity index (χ3v) is 6.29. The Hall–Kier alpha value is -1.70. The highest BCUT2D eigenvalue weighted by Crippen LogP contribution is 2.34. The van der Waals surface area contributed by atoms with Gasteiger partial charge in [-0.05, 0) is 47.9 Å². The Kier molecular flexibility index (Phi) is 7.86. The Balaban J connectivity index is 1.39. The number of nitrogens with zero attached hydrogens (tertiary/aromatic N) is 1. The fourth-order valence-corrected chi connectivity index (χ4v) is 4.45. The summed E-state index contributed by atoms with van der Waals surface area (Å²) in [5.41, 5.74) is 3.49. The van der Waals surface area contributed by atoms with E-state index in [1.165, 1.54) is 82.3 Å². The first-order valence-electron chi connectivity index (χ1n) is 11.0. The maximum Gasteiger partial charge on any atom is 0.212 e. The highest BCUT2D eigenvalue weighted by atomic mass is 19.1. The molecule has 0 N–H and O–H groups in total. The second-order valence-electron chi connectivity index (χ2n) is 8.34. The molecule has 0 saturated heterocycles. The molecule has 2 aromatic rings. The molecule has 1 heterocycles. The Morgan fingerprint density at radius 3 is 2.11 bits per heavy atom. The number of hydrogen-bond acceptors (Lipinski definition) is 1. The lowest BCUT2D eigenvalue weighted by molar-refractivity contribution is 0.249. The van der Waals surface area contributed by atoms with E-state index < -0.39 is 5.95 Å². The first-order chi connectivity index (χ1) is 13.2. The molecule has 146 valence electrons. The lowest BCUT2D eigenvalue weighted by Gasteiger charge is -2.28. The van der Waals surface area contributed by atoms with E-state index in [0.29, 0.717) is 0 Å². The summed E-state index contributed by atoms with van der Waals surface area (Å²) in [6.45, 7) is 2.29. The summed E-state index contributed by atoms with van der Waals surface area (Å²) in [5, 5.41) is 0. The maximum atomic E-state index is 12.9. The Morgan fingerprint density at radius 1 is 0.815 bits per heavy atom. The molecule has 3 rings (SSSR count). The van der Waals surface area contributed by atoms with Crippen LogP contribution >= 0.6 is 0 Å². The zero-order valence-corrected chi connectivity index (χ0v) is 16.8. The van der Waals surface area contributed by atoms with Crippen molar-refractivity contribution < 1.29 is 4.39 Å². The van der Waals surface area contributed by atoms with Gasteiger partial charge in [0.2, 0.25) is 5.95 Å². The molecule has 2 heteroatoms. The van der Waals surface area contributed by atoms with Gasteiger partial charge in [0.05, 0.1) is 0 Å². The van der Waals surface area contributed by atoms with Crippen LogP contribution in [-0.2, 0) is 6.42 Å². The van der Waals surface area contributed by atoms with Gasteiger partial charge in [-0.15, -0.1) is 0 Å². The maximum absolute atomic E-state index is 12.9. The predicted molar refractivity (Wildman–Crippen MR) is 112 cm³/mol. The zero-order chi connectivity index (χ0) is 18.9. The van der Waals surface area contributed by atoms with Crippen molar-refractivity contribution in [3.05, 3.63) is 54.1 Å². The minimum Gasteiger partial charge on any atom is -0.228 e. The highest BCUT2D eigenvalue weighted by Gasteiger charge is 2.20. The monoisotopic (exact) mass is 367 g/mol. The van der Waals surface area contributed by atoms with E-state index in [1.54, 1.807) is 12.3 Å². The molecular weight excluding hydrogens is 333 g/mol. The average Bonchev–Trinajstić information content (AvgIpc) is 2.72. The molecule has 1 saturated carbocycles. The molecule has 0 amide bonds.